The van der Waals surface area contributed by atoms with Gasteiger partial charge in [0, 0.05) is 41.8 Å². The first-order valence-electron chi connectivity index (χ1n) is 12.8. The highest BCUT2D eigenvalue weighted by molar-refractivity contribution is 7.17. The van der Waals surface area contributed by atoms with Gasteiger partial charge >= 0.3 is 0 Å². The maximum atomic E-state index is 15.5. The predicted octanol–water partition coefficient (Wildman–Crippen LogP) is 5.40. The number of hydrogen-bond donors (Lipinski definition) is 1. The fraction of sp³-hybridized carbons (Fsp3) is 0.345. The van der Waals surface area contributed by atoms with E-state index >= 15 is 8.78 Å². The number of thiazole rings is 1. The zero-order chi connectivity index (χ0) is 26.9. The van der Waals surface area contributed by atoms with E-state index < -0.39 is 18.3 Å². The number of carbonyl (C=O) groups is 2. The van der Waals surface area contributed by atoms with E-state index in [1.54, 1.807) is 31.2 Å². The Labute approximate surface area is 225 Å². The Morgan fingerprint density at radius 2 is 1.74 bits per heavy atom. The number of halogens is 2. The number of carbonyl (C=O) groups excluding carboxylic acids is 2. The lowest BCUT2D eigenvalue weighted by Gasteiger charge is -2.29. The number of alkyl halides is 2. The van der Waals surface area contributed by atoms with Crippen LogP contribution >= 0.6 is 11.3 Å². The van der Waals surface area contributed by atoms with Crippen molar-refractivity contribution in [3.63, 3.8) is 0 Å². The molecule has 198 valence electrons. The molecule has 38 heavy (non-hydrogen) atoms. The second-order valence-electron chi connectivity index (χ2n) is 9.87. The first-order chi connectivity index (χ1) is 18.2. The summed E-state index contributed by atoms with van der Waals surface area (Å²) in [6, 6.07) is 16.1. The van der Waals surface area contributed by atoms with Gasteiger partial charge in [-0.3, -0.25) is 9.59 Å². The average molecular weight is 537 g/mol. The minimum absolute atomic E-state index is 0.0450. The number of nitrogens with zero attached hydrogens (tertiary/aromatic N) is 3. The van der Waals surface area contributed by atoms with Crippen molar-refractivity contribution in [1.82, 2.24) is 15.2 Å². The van der Waals surface area contributed by atoms with Crippen LogP contribution in [0.25, 0.3) is 16.1 Å². The molecule has 1 N–H and O–H groups in total. The van der Waals surface area contributed by atoms with Gasteiger partial charge in [0.05, 0.1) is 11.4 Å². The second kappa shape index (κ2) is 10.7. The highest BCUT2D eigenvalue weighted by Gasteiger charge is 2.42. The number of allylic oxidation sites excluding steroid dienone is 1. The lowest BCUT2D eigenvalue weighted by Crippen LogP contribution is -2.43. The van der Waals surface area contributed by atoms with Crippen LogP contribution in [0.15, 0.2) is 60.7 Å². The summed E-state index contributed by atoms with van der Waals surface area (Å²) in [6.45, 7) is 3.27. The first kappa shape index (κ1) is 26.2. The molecule has 5 rings (SSSR count). The molecule has 1 fully saturated rings. The summed E-state index contributed by atoms with van der Waals surface area (Å²) < 4.78 is 31.1. The summed E-state index contributed by atoms with van der Waals surface area (Å²) in [7, 11) is 2.02. The number of benzene rings is 2. The first-order valence-corrected chi connectivity index (χ1v) is 13.6. The Morgan fingerprint density at radius 1 is 1.05 bits per heavy atom. The number of nitrogens with one attached hydrogen (secondary N) is 1. The van der Waals surface area contributed by atoms with Crippen LogP contribution in [-0.4, -0.2) is 60.3 Å². The lowest BCUT2D eigenvalue weighted by molar-refractivity contribution is -0.117. The Hall–Kier alpha value is -3.43. The molecule has 6 nitrogen and oxygen atoms in total. The van der Waals surface area contributed by atoms with E-state index in [0.29, 0.717) is 21.3 Å². The lowest BCUT2D eigenvalue weighted by atomic mass is 9.96. The molecule has 0 spiro atoms. The standard InChI is InChI=1S/C29H30F2N4O2S/c1-19-26(38-27(32-19)20-8-4-3-5-9-20)28(37)35-17-14-29(30,31)23(22-10-6-7-11-24(22)35)18-25(36)33-21-12-15-34(2)16-13-21/h3-11,18,21H,12-17H2,1-2H3,(H,33,36)/b23-18-. The van der Waals surface area contributed by atoms with E-state index in [9.17, 15) is 9.59 Å². The molecule has 1 saturated heterocycles. The van der Waals surface area contributed by atoms with Crippen molar-refractivity contribution in [1.29, 1.82) is 0 Å². The van der Waals surface area contributed by atoms with E-state index in [1.165, 1.54) is 16.2 Å². The molecule has 2 aromatic carbocycles. The molecule has 3 heterocycles. The highest BCUT2D eigenvalue weighted by Crippen LogP contribution is 2.43. The van der Waals surface area contributed by atoms with E-state index in [-0.39, 0.29) is 29.6 Å². The number of anilines is 1. The zero-order valence-electron chi connectivity index (χ0n) is 21.4. The number of rotatable bonds is 4. The SMILES string of the molecule is Cc1nc(-c2ccccc2)sc1C(=O)N1CCC(F)(F)/C(=C\C(=O)NC2CCN(C)CC2)c2ccccc21. The summed E-state index contributed by atoms with van der Waals surface area (Å²) in [6.07, 6.45) is 1.99. The maximum absolute atomic E-state index is 15.5. The molecule has 9 heteroatoms. The van der Waals surface area contributed by atoms with Crippen molar-refractivity contribution in [2.45, 2.75) is 38.2 Å². The van der Waals surface area contributed by atoms with E-state index in [4.69, 9.17) is 0 Å². The molecule has 0 unspecified atom stereocenters. The predicted molar refractivity (Wildman–Crippen MR) is 147 cm³/mol. The molecule has 0 bridgehead atoms. The second-order valence-corrected chi connectivity index (χ2v) is 10.9. The van der Waals surface area contributed by atoms with E-state index in [0.717, 1.165) is 37.6 Å². The topological polar surface area (TPSA) is 65.5 Å². The number of aryl methyl sites for hydroxylation is 1. The van der Waals surface area contributed by atoms with Crippen molar-refractivity contribution >= 4 is 34.4 Å². The van der Waals surface area contributed by atoms with Crippen LogP contribution in [0, 0.1) is 6.92 Å². The van der Waals surface area contributed by atoms with Gasteiger partial charge in [-0.25, -0.2) is 13.8 Å². The summed E-state index contributed by atoms with van der Waals surface area (Å²) in [5, 5.41) is 3.60. The Morgan fingerprint density at radius 3 is 2.47 bits per heavy atom. The third-order valence-electron chi connectivity index (χ3n) is 7.13. The van der Waals surface area contributed by atoms with Crippen molar-refractivity contribution in [3.05, 3.63) is 76.8 Å². The van der Waals surface area contributed by atoms with Crippen molar-refractivity contribution in [3.8, 4) is 10.6 Å². The van der Waals surface area contributed by atoms with Crippen LogP contribution in [0.1, 0.15) is 40.2 Å². The number of fused-ring (bicyclic) bond motifs is 1. The van der Waals surface area contributed by atoms with Crippen LogP contribution in [0.4, 0.5) is 14.5 Å². The smallest absolute Gasteiger partial charge is 0.275 e. The van der Waals surface area contributed by atoms with Gasteiger partial charge in [-0.05, 0) is 46.0 Å². The monoisotopic (exact) mass is 536 g/mol. The number of hydrogen-bond acceptors (Lipinski definition) is 5. The zero-order valence-corrected chi connectivity index (χ0v) is 22.2. The molecule has 0 aliphatic carbocycles. The summed E-state index contributed by atoms with van der Waals surface area (Å²) in [5.74, 6) is -4.19. The molecule has 0 atom stereocenters. The third-order valence-corrected chi connectivity index (χ3v) is 8.32. The molecule has 0 saturated carbocycles. The molecular formula is C29H30F2N4O2S. The third kappa shape index (κ3) is 5.39. The molecule has 2 aliphatic heterocycles. The largest absolute Gasteiger partial charge is 0.350 e. The Kier molecular flexibility index (Phi) is 7.40. The van der Waals surface area contributed by atoms with Gasteiger partial charge in [-0.2, -0.15) is 0 Å². The van der Waals surface area contributed by atoms with Gasteiger partial charge in [0.1, 0.15) is 9.88 Å². The van der Waals surface area contributed by atoms with E-state index in [2.05, 4.69) is 15.2 Å². The van der Waals surface area contributed by atoms with Crippen molar-refractivity contribution in [2.24, 2.45) is 0 Å². The van der Waals surface area contributed by atoms with Gasteiger partial charge in [-0.1, -0.05) is 48.5 Å². The number of likely N-dealkylation sites (tertiary alicyclic amines) is 1. The molecule has 1 aromatic heterocycles. The fourth-order valence-corrected chi connectivity index (χ4v) is 6.00. The van der Waals surface area contributed by atoms with Gasteiger partial charge in [0.15, 0.2) is 0 Å². The van der Waals surface area contributed by atoms with Crippen molar-refractivity contribution < 1.29 is 18.4 Å². The van der Waals surface area contributed by atoms with Crippen LogP contribution in [0.5, 0.6) is 0 Å². The Balaban J connectivity index is 1.46. The van der Waals surface area contributed by atoms with Gasteiger partial charge in [0.2, 0.25) is 5.91 Å². The normalized spacial score (nSPS) is 19.2. The van der Waals surface area contributed by atoms with Crippen LogP contribution < -0.4 is 10.2 Å². The Bertz CT molecular complexity index is 1360. The minimum Gasteiger partial charge on any atom is -0.350 e. The average Bonchev–Trinajstić information content (AvgIpc) is 3.26. The van der Waals surface area contributed by atoms with Gasteiger partial charge in [-0.15, -0.1) is 11.3 Å². The molecule has 0 radical (unpaired) electrons. The van der Waals surface area contributed by atoms with E-state index in [1.807, 2.05) is 37.4 Å². The number of aromatic nitrogens is 1. The maximum Gasteiger partial charge on any atom is 0.275 e. The quantitative estimate of drug-likeness (QED) is 0.454. The van der Waals surface area contributed by atoms with Crippen LogP contribution in [-0.2, 0) is 4.79 Å². The molecule has 2 amide bonds. The molecule has 3 aromatic rings. The van der Waals surface area contributed by atoms with Crippen LogP contribution in [0.2, 0.25) is 0 Å². The van der Waals surface area contributed by atoms with Gasteiger partial charge in [0.25, 0.3) is 11.8 Å². The van der Waals surface area contributed by atoms with Crippen molar-refractivity contribution in [2.75, 3.05) is 31.6 Å². The minimum atomic E-state index is -3.28. The van der Waals surface area contributed by atoms with Crippen LogP contribution in [0.3, 0.4) is 0 Å². The molecule has 2 aliphatic rings. The van der Waals surface area contributed by atoms with Gasteiger partial charge < -0.3 is 15.1 Å². The number of para-hydroxylation sites is 1. The summed E-state index contributed by atoms with van der Waals surface area (Å²) in [4.78, 5) is 35.2. The fourth-order valence-electron chi connectivity index (χ4n) is 4.98. The summed E-state index contributed by atoms with van der Waals surface area (Å²) in [5.41, 5.74) is 1.64. The molecular weight excluding hydrogens is 506 g/mol. The summed E-state index contributed by atoms with van der Waals surface area (Å²) >= 11 is 1.25. The highest BCUT2D eigenvalue weighted by atomic mass is 32.1. The number of piperidine rings is 1. The number of amides is 2.